The van der Waals surface area contributed by atoms with Gasteiger partial charge in [-0.1, -0.05) is 12.1 Å². The fraction of sp³-hybridized carbons (Fsp3) is 0.632. The van der Waals surface area contributed by atoms with Crippen molar-refractivity contribution in [3.8, 4) is 0 Å². The van der Waals surface area contributed by atoms with Gasteiger partial charge < -0.3 is 5.32 Å². The summed E-state index contributed by atoms with van der Waals surface area (Å²) in [6, 6.07) is 6.56. The molecule has 0 aliphatic carbocycles. The van der Waals surface area contributed by atoms with E-state index in [2.05, 4.69) is 5.32 Å². The Bertz CT molecular complexity index is 923. The number of benzene rings is 1. The van der Waals surface area contributed by atoms with Gasteiger partial charge in [-0.05, 0) is 50.3 Å². The van der Waals surface area contributed by atoms with Crippen LogP contribution in [0.3, 0.4) is 0 Å². The Labute approximate surface area is 173 Å². The third-order valence-electron chi connectivity index (χ3n) is 5.61. The molecular weight excluding hydrogens is 414 g/mol. The summed E-state index contributed by atoms with van der Waals surface area (Å²) in [7, 11) is -6.73. The van der Waals surface area contributed by atoms with Crippen LogP contribution in [0.25, 0.3) is 0 Å². The minimum Gasteiger partial charge on any atom is -0.352 e. The van der Waals surface area contributed by atoms with E-state index in [4.69, 9.17) is 0 Å². The molecule has 0 unspecified atom stereocenters. The molecule has 1 atom stereocenters. The Morgan fingerprint density at radius 2 is 1.62 bits per heavy atom. The maximum Gasteiger partial charge on any atom is 0.243 e. The summed E-state index contributed by atoms with van der Waals surface area (Å²) in [6.07, 6.45) is 3.11. The zero-order chi connectivity index (χ0) is 21.1. The SMILES string of the molecule is CCS(=O)(=O)N1CCC[C@H](C(=O)NCc2ccc(S(=O)(=O)N3CCCC3)cc2)C1. The average molecular weight is 444 g/mol. The van der Waals surface area contributed by atoms with Crippen LogP contribution in [0, 0.1) is 5.92 Å². The van der Waals surface area contributed by atoms with Crippen LogP contribution in [-0.4, -0.2) is 63.3 Å². The zero-order valence-electron chi connectivity index (χ0n) is 16.7. The molecule has 8 nitrogen and oxygen atoms in total. The molecule has 10 heteroatoms. The Morgan fingerprint density at radius 3 is 2.24 bits per heavy atom. The third-order valence-corrected chi connectivity index (χ3v) is 9.37. The van der Waals surface area contributed by atoms with Gasteiger partial charge in [-0.25, -0.2) is 21.1 Å². The number of rotatable bonds is 7. The van der Waals surface area contributed by atoms with E-state index < -0.39 is 20.0 Å². The van der Waals surface area contributed by atoms with Gasteiger partial charge in [0.2, 0.25) is 26.0 Å². The number of hydrogen-bond donors (Lipinski definition) is 1. The molecule has 1 amide bonds. The first-order valence-electron chi connectivity index (χ1n) is 10.1. The van der Waals surface area contributed by atoms with Crippen molar-refractivity contribution in [2.45, 2.75) is 44.0 Å². The van der Waals surface area contributed by atoms with Crippen LogP contribution < -0.4 is 5.32 Å². The molecule has 1 aromatic rings. The van der Waals surface area contributed by atoms with Gasteiger partial charge in [0, 0.05) is 32.7 Å². The Hall–Kier alpha value is -1.49. The van der Waals surface area contributed by atoms with E-state index >= 15 is 0 Å². The van der Waals surface area contributed by atoms with Crippen LogP contribution in [-0.2, 0) is 31.4 Å². The van der Waals surface area contributed by atoms with Crippen molar-refractivity contribution in [2.75, 3.05) is 31.9 Å². The summed E-state index contributed by atoms with van der Waals surface area (Å²) in [6.45, 7) is 3.69. The Balaban J connectivity index is 1.56. The van der Waals surface area contributed by atoms with Crippen LogP contribution in [0.15, 0.2) is 29.2 Å². The quantitative estimate of drug-likeness (QED) is 0.681. The minimum atomic E-state index is -3.44. The standard InChI is InChI=1S/C19H29N3O5S2/c1-2-28(24,25)22-13-5-6-17(15-22)19(23)20-14-16-7-9-18(10-8-16)29(26,27)21-11-3-4-12-21/h7-10,17H,2-6,11-15H2,1H3,(H,20,23)/t17-/m0/s1. The van der Waals surface area contributed by atoms with Crippen molar-refractivity contribution in [1.82, 2.24) is 13.9 Å². The molecule has 2 fully saturated rings. The number of hydrogen-bond acceptors (Lipinski definition) is 5. The molecule has 0 saturated carbocycles. The maximum absolute atomic E-state index is 12.6. The lowest BCUT2D eigenvalue weighted by Gasteiger charge is -2.30. The van der Waals surface area contributed by atoms with E-state index in [1.54, 1.807) is 31.2 Å². The number of sulfonamides is 2. The average Bonchev–Trinajstić information content (AvgIpc) is 3.28. The highest BCUT2D eigenvalue weighted by Gasteiger charge is 2.31. The third kappa shape index (κ3) is 5.17. The van der Waals surface area contributed by atoms with E-state index in [-0.39, 0.29) is 35.6 Å². The van der Waals surface area contributed by atoms with E-state index in [1.165, 1.54) is 8.61 Å². The van der Waals surface area contributed by atoms with Crippen molar-refractivity contribution in [3.63, 3.8) is 0 Å². The molecule has 0 aromatic heterocycles. The van der Waals surface area contributed by atoms with Gasteiger partial charge in [-0.2, -0.15) is 4.31 Å². The van der Waals surface area contributed by atoms with Crippen molar-refractivity contribution in [3.05, 3.63) is 29.8 Å². The predicted molar refractivity (Wildman–Crippen MR) is 110 cm³/mol. The first kappa shape index (κ1) is 22.2. The highest BCUT2D eigenvalue weighted by molar-refractivity contribution is 7.89. The van der Waals surface area contributed by atoms with Crippen LogP contribution in [0.1, 0.15) is 38.2 Å². The normalized spacial score (nSPS) is 21.9. The molecule has 2 aliphatic rings. The first-order chi connectivity index (χ1) is 13.7. The van der Waals surface area contributed by atoms with E-state index in [9.17, 15) is 21.6 Å². The fourth-order valence-corrected chi connectivity index (χ4v) is 6.48. The summed E-state index contributed by atoms with van der Waals surface area (Å²) in [4.78, 5) is 12.8. The molecule has 0 radical (unpaired) electrons. The van der Waals surface area contributed by atoms with Crippen molar-refractivity contribution in [1.29, 1.82) is 0 Å². The summed E-state index contributed by atoms with van der Waals surface area (Å²) in [5, 5.41) is 2.85. The van der Waals surface area contributed by atoms with Gasteiger partial charge in [0.05, 0.1) is 16.6 Å². The molecule has 3 rings (SSSR count). The van der Waals surface area contributed by atoms with Crippen LogP contribution >= 0.6 is 0 Å². The highest BCUT2D eigenvalue weighted by Crippen LogP contribution is 2.22. The second-order valence-corrected chi connectivity index (χ2v) is 11.8. The van der Waals surface area contributed by atoms with Gasteiger partial charge in [-0.3, -0.25) is 4.79 Å². The number of carbonyl (C=O) groups excluding carboxylic acids is 1. The molecular formula is C19H29N3O5S2. The predicted octanol–water partition coefficient (Wildman–Crippen LogP) is 1.15. The van der Waals surface area contributed by atoms with Crippen LogP contribution in [0.5, 0.6) is 0 Å². The molecule has 2 aliphatic heterocycles. The van der Waals surface area contributed by atoms with Gasteiger partial charge in [0.25, 0.3) is 0 Å². The van der Waals surface area contributed by atoms with Gasteiger partial charge in [0.1, 0.15) is 0 Å². The summed E-state index contributed by atoms with van der Waals surface area (Å²) >= 11 is 0. The van der Waals surface area contributed by atoms with Gasteiger partial charge >= 0.3 is 0 Å². The number of nitrogens with one attached hydrogen (secondary N) is 1. The van der Waals surface area contributed by atoms with Crippen LogP contribution in [0.2, 0.25) is 0 Å². The molecule has 162 valence electrons. The molecule has 0 bridgehead atoms. The maximum atomic E-state index is 12.6. The molecule has 1 N–H and O–H groups in total. The lowest BCUT2D eigenvalue weighted by atomic mass is 9.99. The fourth-order valence-electron chi connectivity index (χ4n) is 3.78. The van der Waals surface area contributed by atoms with E-state index in [1.807, 2.05) is 0 Å². The van der Waals surface area contributed by atoms with Crippen molar-refractivity contribution in [2.24, 2.45) is 5.92 Å². The van der Waals surface area contributed by atoms with E-state index in [0.29, 0.717) is 32.5 Å². The smallest absolute Gasteiger partial charge is 0.243 e. The van der Waals surface area contributed by atoms with Crippen molar-refractivity contribution >= 4 is 26.0 Å². The number of piperidine rings is 1. The van der Waals surface area contributed by atoms with E-state index in [0.717, 1.165) is 18.4 Å². The second kappa shape index (κ2) is 9.11. The van der Waals surface area contributed by atoms with Gasteiger partial charge in [0.15, 0.2) is 0 Å². The lowest BCUT2D eigenvalue weighted by Crippen LogP contribution is -2.45. The summed E-state index contributed by atoms with van der Waals surface area (Å²) < 4.78 is 52.1. The Kier molecular flexibility index (Phi) is 6.98. The zero-order valence-corrected chi connectivity index (χ0v) is 18.3. The summed E-state index contributed by atoms with van der Waals surface area (Å²) in [5.41, 5.74) is 0.799. The molecule has 2 saturated heterocycles. The largest absolute Gasteiger partial charge is 0.352 e. The van der Waals surface area contributed by atoms with Crippen LogP contribution in [0.4, 0.5) is 0 Å². The molecule has 1 aromatic carbocycles. The van der Waals surface area contributed by atoms with Crippen molar-refractivity contribution < 1.29 is 21.6 Å². The Morgan fingerprint density at radius 1 is 1.00 bits per heavy atom. The number of nitrogens with zero attached hydrogens (tertiary/aromatic N) is 2. The molecule has 29 heavy (non-hydrogen) atoms. The number of carbonyl (C=O) groups is 1. The second-order valence-electron chi connectivity index (χ2n) is 7.57. The summed E-state index contributed by atoms with van der Waals surface area (Å²) in [5.74, 6) is -0.497. The lowest BCUT2D eigenvalue weighted by molar-refractivity contribution is -0.126. The molecule has 2 heterocycles. The first-order valence-corrected chi connectivity index (χ1v) is 13.1. The highest BCUT2D eigenvalue weighted by atomic mass is 32.2. The monoisotopic (exact) mass is 443 g/mol. The topological polar surface area (TPSA) is 104 Å². The molecule has 0 spiro atoms. The number of amides is 1. The van der Waals surface area contributed by atoms with Gasteiger partial charge in [-0.15, -0.1) is 0 Å². The minimum absolute atomic E-state index is 0.0357.